The molecule has 0 saturated carbocycles. The summed E-state index contributed by atoms with van der Waals surface area (Å²) in [5.41, 5.74) is 0. The Labute approximate surface area is 373 Å². The van der Waals surface area contributed by atoms with Crippen LogP contribution < -0.4 is 0 Å². The molecule has 0 saturated heterocycles. The van der Waals surface area contributed by atoms with E-state index in [-0.39, 0.29) is 25.2 Å². The molecule has 60 heavy (non-hydrogen) atoms. The molecule has 0 rings (SSSR count). The van der Waals surface area contributed by atoms with E-state index in [1.165, 1.54) is 128 Å². The van der Waals surface area contributed by atoms with E-state index in [4.69, 9.17) is 14.2 Å². The van der Waals surface area contributed by atoms with Crippen molar-refractivity contribution in [2.75, 3.05) is 19.8 Å². The minimum absolute atomic E-state index is 0.0721. The molecule has 0 aliphatic heterocycles. The van der Waals surface area contributed by atoms with Crippen molar-refractivity contribution in [2.24, 2.45) is 0 Å². The second kappa shape index (κ2) is 51.0. The van der Waals surface area contributed by atoms with Gasteiger partial charge in [0.05, 0.1) is 6.61 Å². The summed E-state index contributed by atoms with van der Waals surface area (Å²) in [6, 6.07) is 0. The van der Waals surface area contributed by atoms with Crippen LogP contribution in [0.2, 0.25) is 0 Å². The van der Waals surface area contributed by atoms with Crippen LogP contribution in [-0.4, -0.2) is 37.9 Å². The summed E-state index contributed by atoms with van der Waals surface area (Å²) in [6.07, 6.45) is 63.7. The lowest BCUT2D eigenvalue weighted by Crippen LogP contribution is -2.30. The van der Waals surface area contributed by atoms with Gasteiger partial charge >= 0.3 is 11.9 Å². The zero-order valence-electron chi connectivity index (χ0n) is 40.0. The highest BCUT2D eigenvalue weighted by Crippen LogP contribution is 2.14. The zero-order valence-corrected chi connectivity index (χ0v) is 40.0. The van der Waals surface area contributed by atoms with Gasteiger partial charge in [-0.05, 0) is 83.5 Å². The van der Waals surface area contributed by atoms with Crippen molar-refractivity contribution in [3.63, 3.8) is 0 Å². The van der Waals surface area contributed by atoms with E-state index >= 15 is 0 Å². The molecule has 0 fully saturated rings. The van der Waals surface area contributed by atoms with Crippen molar-refractivity contribution in [3.05, 3.63) is 60.8 Å². The van der Waals surface area contributed by atoms with Gasteiger partial charge in [-0.2, -0.15) is 0 Å². The fourth-order valence-electron chi connectivity index (χ4n) is 7.20. The molecule has 0 N–H and O–H groups in total. The largest absolute Gasteiger partial charge is 0.462 e. The van der Waals surface area contributed by atoms with E-state index in [1.54, 1.807) is 0 Å². The van der Waals surface area contributed by atoms with Gasteiger partial charge in [-0.15, -0.1) is 0 Å². The van der Waals surface area contributed by atoms with Gasteiger partial charge in [0.25, 0.3) is 0 Å². The molecular weight excluding hydrogens is 741 g/mol. The van der Waals surface area contributed by atoms with Crippen LogP contribution in [0.4, 0.5) is 0 Å². The molecule has 0 aliphatic carbocycles. The lowest BCUT2D eigenvalue weighted by Gasteiger charge is -2.18. The van der Waals surface area contributed by atoms with Crippen molar-refractivity contribution in [1.82, 2.24) is 0 Å². The maximum atomic E-state index is 12.8. The summed E-state index contributed by atoms with van der Waals surface area (Å²) in [4.78, 5) is 25.4. The molecule has 348 valence electrons. The van der Waals surface area contributed by atoms with Crippen LogP contribution in [0.1, 0.15) is 252 Å². The average molecular weight is 839 g/mol. The summed E-state index contributed by atoms with van der Waals surface area (Å²) in [7, 11) is 0. The van der Waals surface area contributed by atoms with Gasteiger partial charge in [-0.25, -0.2) is 0 Å². The Morgan fingerprint density at radius 3 is 1.22 bits per heavy atom. The summed E-state index contributed by atoms with van der Waals surface area (Å²) in [5.74, 6) is -0.423. The molecule has 0 spiro atoms. The molecular formula is C55H98O5. The van der Waals surface area contributed by atoms with Crippen molar-refractivity contribution >= 4 is 11.9 Å². The topological polar surface area (TPSA) is 61.8 Å². The first-order valence-corrected chi connectivity index (χ1v) is 25.8. The molecule has 5 nitrogen and oxygen atoms in total. The van der Waals surface area contributed by atoms with Crippen molar-refractivity contribution in [1.29, 1.82) is 0 Å². The quantitative estimate of drug-likeness (QED) is 0.0347. The minimum Gasteiger partial charge on any atom is -0.462 e. The van der Waals surface area contributed by atoms with E-state index in [1.807, 2.05) is 0 Å². The van der Waals surface area contributed by atoms with Crippen LogP contribution in [0.25, 0.3) is 0 Å². The molecule has 0 aromatic rings. The first kappa shape index (κ1) is 57.6. The minimum atomic E-state index is -0.546. The normalized spacial score (nSPS) is 12.7. The Kier molecular flexibility index (Phi) is 48.9. The van der Waals surface area contributed by atoms with Crippen molar-refractivity contribution in [2.45, 2.75) is 258 Å². The average Bonchev–Trinajstić information content (AvgIpc) is 3.25. The summed E-state index contributed by atoms with van der Waals surface area (Å²) >= 11 is 0. The number of carbonyl (C=O) groups is 2. The fraction of sp³-hybridized carbons (Fsp3) is 0.782. The van der Waals surface area contributed by atoms with E-state index < -0.39 is 6.10 Å². The monoisotopic (exact) mass is 839 g/mol. The third-order valence-corrected chi connectivity index (χ3v) is 11.0. The van der Waals surface area contributed by atoms with Crippen LogP contribution in [0.3, 0.4) is 0 Å². The van der Waals surface area contributed by atoms with E-state index in [0.717, 1.165) is 89.9 Å². The number of unbranched alkanes of at least 4 members (excludes halogenated alkanes) is 26. The van der Waals surface area contributed by atoms with E-state index in [2.05, 4.69) is 81.5 Å². The van der Waals surface area contributed by atoms with Gasteiger partial charge in [-0.1, -0.05) is 216 Å². The Balaban J connectivity index is 4.26. The van der Waals surface area contributed by atoms with Crippen LogP contribution in [0, 0.1) is 0 Å². The second-order valence-electron chi connectivity index (χ2n) is 17.0. The predicted molar refractivity (Wildman–Crippen MR) is 261 cm³/mol. The third-order valence-electron chi connectivity index (χ3n) is 11.0. The highest BCUT2D eigenvalue weighted by Gasteiger charge is 2.17. The van der Waals surface area contributed by atoms with Gasteiger partial charge in [0.15, 0.2) is 6.10 Å². The van der Waals surface area contributed by atoms with E-state index in [9.17, 15) is 9.59 Å². The second-order valence-corrected chi connectivity index (χ2v) is 17.0. The molecule has 1 atom stereocenters. The smallest absolute Gasteiger partial charge is 0.306 e. The maximum Gasteiger partial charge on any atom is 0.306 e. The highest BCUT2D eigenvalue weighted by molar-refractivity contribution is 5.70. The van der Waals surface area contributed by atoms with Crippen LogP contribution >= 0.6 is 0 Å². The third kappa shape index (κ3) is 48.3. The van der Waals surface area contributed by atoms with Gasteiger partial charge in [0, 0.05) is 19.4 Å². The molecule has 5 heteroatoms. The number of esters is 2. The predicted octanol–water partition coefficient (Wildman–Crippen LogP) is 17.3. The SMILES string of the molecule is CC/C=C\C/C=C\C/C=C\C/C=C\CCCCCCC(=O)OCC(COCCCCCCCCCCCC)OC(=O)CCCCCCCCC/C=C\CCCCCCCC. The first-order chi connectivity index (χ1) is 29.6. The Morgan fingerprint density at radius 1 is 0.383 bits per heavy atom. The molecule has 0 aliphatic rings. The van der Waals surface area contributed by atoms with Gasteiger partial charge in [-0.3, -0.25) is 9.59 Å². The molecule has 0 aromatic heterocycles. The highest BCUT2D eigenvalue weighted by atomic mass is 16.6. The van der Waals surface area contributed by atoms with Crippen molar-refractivity contribution < 1.29 is 23.8 Å². The number of rotatable bonds is 47. The first-order valence-electron chi connectivity index (χ1n) is 25.8. The fourth-order valence-corrected chi connectivity index (χ4v) is 7.20. The maximum absolute atomic E-state index is 12.8. The number of ether oxygens (including phenoxy) is 3. The Bertz CT molecular complexity index is 1040. The standard InChI is InChI=1S/C55H98O5/c1-4-7-10-13-16-19-22-24-26-28-30-32-34-36-39-42-45-48-54(56)59-52-53(51-58-50-47-44-41-38-21-18-15-12-9-6-3)60-55(57)49-46-43-40-37-35-33-31-29-27-25-23-20-17-14-11-8-5-2/h7,10,16,19,24-27,30,32,53H,4-6,8-9,11-15,17-18,20-23,28-29,31,33-52H2,1-3H3/b10-7-,19-16-,26-24-,27-25-,32-30-. The Morgan fingerprint density at radius 2 is 0.750 bits per heavy atom. The number of hydrogen-bond acceptors (Lipinski definition) is 5. The van der Waals surface area contributed by atoms with Crippen LogP contribution in [0.5, 0.6) is 0 Å². The number of carbonyl (C=O) groups excluding carboxylic acids is 2. The molecule has 0 radical (unpaired) electrons. The molecule has 1 unspecified atom stereocenters. The molecule has 0 amide bonds. The van der Waals surface area contributed by atoms with Crippen molar-refractivity contribution in [3.8, 4) is 0 Å². The summed E-state index contributed by atoms with van der Waals surface area (Å²) < 4.78 is 17.4. The summed E-state index contributed by atoms with van der Waals surface area (Å²) in [5, 5.41) is 0. The van der Waals surface area contributed by atoms with E-state index in [0.29, 0.717) is 19.4 Å². The Hall–Kier alpha value is -2.40. The lowest BCUT2D eigenvalue weighted by atomic mass is 10.1. The molecule has 0 heterocycles. The van der Waals surface area contributed by atoms with Gasteiger partial charge < -0.3 is 14.2 Å². The zero-order chi connectivity index (χ0) is 43.5. The lowest BCUT2D eigenvalue weighted by molar-refractivity contribution is -0.163. The number of hydrogen-bond donors (Lipinski definition) is 0. The van der Waals surface area contributed by atoms with Crippen LogP contribution in [-0.2, 0) is 23.8 Å². The van der Waals surface area contributed by atoms with Crippen LogP contribution in [0.15, 0.2) is 60.8 Å². The van der Waals surface area contributed by atoms with Gasteiger partial charge in [0.1, 0.15) is 6.61 Å². The van der Waals surface area contributed by atoms with Gasteiger partial charge in [0.2, 0.25) is 0 Å². The number of allylic oxidation sites excluding steroid dienone is 10. The molecule has 0 aromatic carbocycles. The summed E-state index contributed by atoms with van der Waals surface area (Å²) in [6.45, 7) is 7.70. The molecule has 0 bridgehead atoms.